The van der Waals surface area contributed by atoms with E-state index in [1.807, 2.05) is 30.3 Å². The Bertz CT molecular complexity index is 727. The SMILES string of the molecule is CCc1ccccc1Nc1nncc(NCc2ccco2)n1. The molecule has 0 aliphatic carbocycles. The summed E-state index contributed by atoms with van der Waals surface area (Å²) in [6.07, 6.45) is 4.16. The molecule has 2 aromatic heterocycles. The lowest BCUT2D eigenvalue weighted by Gasteiger charge is -2.10. The standard InChI is InChI=1S/C16H17N5O/c1-2-12-6-3-4-8-14(12)19-16-20-15(11-18-21-16)17-10-13-7-5-9-22-13/h3-9,11H,2,10H2,1H3,(H2,17,19,20,21). The Labute approximate surface area is 128 Å². The molecule has 0 aliphatic rings. The maximum absolute atomic E-state index is 5.27. The van der Waals surface area contributed by atoms with Crippen LogP contribution in [-0.4, -0.2) is 15.2 Å². The van der Waals surface area contributed by atoms with Gasteiger partial charge in [-0.3, -0.25) is 0 Å². The van der Waals surface area contributed by atoms with Crippen LogP contribution >= 0.6 is 0 Å². The summed E-state index contributed by atoms with van der Waals surface area (Å²) >= 11 is 0. The molecule has 3 rings (SSSR count). The van der Waals surface area contributed by atoms with Crippen molar-refractivity contribution in [2.24, 2.45) is 0 Å². The first kappa shape index (κ1) is 14.1. The molecule has 6 nitrogen and oxygen atoms in total. The third-order valence-electron chi connectivity index (χ3n) is 3.23. The third kappa shape index (κ3) is 3.41. The number of para-hydroxylation sites is 1. The molecule has 22 heavy (non-hydrogen) atoms. The maximum Gasteiger partial charge on any atom is 0.249 e. The number of hydrogen-bond acceptors (Lipinski definition) is 6. The van der Waals surface area contributed by atoms with Crippen molar-refractivity contribution in [2.45, 2.75) is 19.9 Å². The summed E-state index contributed by atoms with van der Waals surface area (Å²) in [7, 11) is 0. The minimum atomic E-state index is 0.463. The summed E-state index contributed by atoms with van der Waals surface area (Å²) in [5, 5.41) is 14.4. The molecule has 0 aliphatic heterocycles. The normalized spacial score (nSPS) is 10.4. The molecule has 1 aromatic carbocycles. The van der Waals surface area contributed by atoms with E-state index in [0.717, 1.165) is 17.9 Å². The predicted molar refractivity (Wildman–Crippen MR) is 85.0 cm³/mol. The molecule has 112 valence electrons. The molecule has 0 bridgehead atoms. The van der Waals surface area contributed by atoms with E-state index >= 15 is 0 Å². The van der Waals surface area contributed by atoms with Gasteiger partial charge in [-0.15, -0.1) is 5.10 Å². The molecule has 0 saturated heterocycles. The van der Waals surface area contributed by atoms with Gasteiger partial charge in [0.2, 0.25) is 5.95 Å². The van der Waals surface area contributed by atoms with Gasteiger partial charge in [-0.2, -0.15) is 10.1 Å². The van der Waals surface area contributed by atoms with Gasteiger partial charge in [0.1, 0.15) is 5.76 Å². The maximum atomic E-state index is 5.27. The monoisotopic (exact) mass is 295 g/mol. The Balaban J connectivity index is 1.70. The number of furan rings is 1. The first-order valence-corrected chi connectivity index (χ1v) is 7.16. The molecule has 0 atom stereocenters. The highest BCUT2D eigenvalue weighted by atomic mass is 16.3. The average Bonchev–Trinajstić information content (AvgIpc) is 3.07. The molecule has 3 aromatic rings. The van der Waals surface area contributed by atoms with Gasteiger partial charge in [0, 0.05) is 5.69 Å². The van der Waals surface area contributed by atoms with E-state index in [1.54, 1.807) is 12.5 Å². The molecule has 0 fully saturated rings. The van der Waals surface area contributed by atoms with Gasteiger partial charge in [-0.1, -0.05) is 25.1 Å². The Morgan fingerprint density at radius 3 is 2.86 bits per heavy atom. The second-order valence-electron chi connectivity index (χ2n) is 4.73. The summed E-state index contributed by atoms with van der Waals surface area (Å²) in [6, 6.07) is 11.8. The van der Waals surface area contributed by atoms with Gasteiger partial charge in [0.15, 0.2) is 5.82 Å². The molecule has 0 amide bonds. The van der Waals surface area contributed by atoms with Gasteiger partial charge in [-0.05, 0) is 30.2 Å². The van der Waals surface area contributed by atoms with Gasteiger partial charge in [-0.25, -0.2) is 0 Å². The Morgan fingerprint density at radius 1 is 1.14 bits per heavy atom. The molecule has 0 radical (unpaired) electrons. The van der Waals surface area contributed by atoms with Crippen LogP contribution in [0.3, 0.4) is 0 Å². The number of nitrogens with one attached hydrogen (secondary N) is 2. The highest BCUT2D eigenvalue weighted by molar-refractivity contribution is 5.58. The topological polar surface area (TPSA) is 75.9 Å². The highest BCUT2D eigenvalue weighted by Gasteiger charge is 2.05. The van der Waals surface area contributed by atoms with Gasteiger partial charge >= 0.3 is 0 Å². The Hall–Kier alpha value is -2.89. The van der Waals surface area contributed by atoms with Crippen molar-refractivity contribution in [3.8, 4) is 0 Å². The number of aromatic nitrogens is 3. The lowest BCUT2D eigenvalue weighted by atomic mass is 10.1. The number of hydrogen-bond donors (Lipinski definition) is 2. The summed E-state index contributed by atoms with van der Waals surface area (Å²) in [5.41, 5.74) is 2.20. The van der Waals surface area contributed by atoms with Crippen molar-refractivity contribution in [1.29, 1.82) is 0 Å². The number of rotatable bonds is 6. The van der Waals surface area contributed by atoms with Crippen LogP contribution in [0.15, 0.2) is 53.3 Å². The number of aryl methyl sites for hydroxylation is 1. The van der Waals surface area contributed by atoms with Gasteiger partial charge in [0.05, 0.1) is 19.0 Å². The molecule has 2 N–H and O–H groups in total. The van der Waals surface area contributed by atoms with E-state index in [9.17, 15) is 0 Å². The second kappa shape index (κ2) is 6.71. The highest BCUT2D eigenvalue weighted by Crippen LogP contribution is 2.19. The number of nitrogens with zero attached hydrogens (tertiary/aromatic N) is 3. The Kier molecular flexibility index (Phi) is 4.29. The van der Waals surface area contributed by atoms with Crippen LogP contribution in [0.4, 0.5) is 17.5 Å². The molecular formula is C16H17N5O. The molecule has 2 heterocycles. The summed E-state index contributed by atoms with van der Waals surface area (Å²) < 4.78 is 5.27. The zero-order valence-corrected chi connectivity index (χ0v) is 12.3. The summed E-state index contributed by atoms with van der Waals surface area (Å²) in [4.78, 5) is 4.41. The fourth-order valence-electron chi connectivity index (χ4n) is 2.10. The minimum Gasteiger partial charge on any atom is -0.467 e. The van der Waals surface area contributed by atoms with Crippen LogP contribution in [0, 0.1) is 0 Å². The Morgan fingerprint density at radius 2 is 2.05 bits per heavy atom. The molecule has 6 heteroatoms. The zero-order chi connectivity index (χ0) is 15.2. The largest absolute Gasteiger partial charge is 0.467 e. The quantitative estimate of drug-likeness (QED) is 0.726. The van der Waals surface area contributed by atoms with E-state index in [-0.39, 0.29) is 0 Å². The van der Waals surface area contributed by atoms with E-state index < -0.39 is 0 Å². The van der Waals surface area contributed by atoms with E-state index in [4.69, 9.17) is 4.42 Å². The van der Waals surface area contributed by atoms with Crippen molar-refractivity contribution in [2.75, 3.05) is 10.6 Å². The third-order valence-corrected chi connectivity index (χ3v) is 3.23. The van der Waals surface area contributed by atoms with Crippen LogP contribution < -0.4 is 10.6 Å². The number of benzene rings is 1. The molecular weight excluding hydrogens is 278 g/mol. The van der Waals surface area contributed by atoms with Crippen LogP contribution in [-0.2, 0) is 13.0 Å². The number of anilines is 3. The summed E-state index contributed by atoms with van der Waals surface area (Å²) in [5.74, 6) is 1.94. The van der Waals surface area contributed by atoms with Gasteiger partial charge < -0.3 is 15.1 Å². The van der Waals surface area contributed by atoms with Crippen molar-refractivity contribution < 1.29 is 4.42 Å². The van der Waals surface area contributed by atoms with E-state index in [0.29, 0.717) is 18.3 Å². The van der Waals surface area contributed by atoms with Crippen LogP contribution in [0.1, 0.15) is 18.2 Å². The first-order valence-electron chi connectivity index (χ1n) is 7.16. The molecule has 0 spiro atoms. The predicted octanol–water partition coefficient (Wildman–Crippen LogP) is 3.38. The molecule has 0 unspecified atom stereocenters. The van der Waals surface area contributed by atoms with Crippen molar-refractivity contribution in [3.05, 3.63) is 60.2 Å². The van der Waals surface area contributed by atoms with Crippen molar-refractivity contribution in [3.63, 3.8) is 0 Å². The minimum absolute atomic E-state index is 0.463. The van der Waals surface area contributed by atoms with Crippen LogP contribution in [0.25, 0.3) is 0 Å². The van der Waals surface area contributed by atoms with Crippen LogP contribution in [0.5, 0.6) is 0 Å². The van der Waals surface area contributed by atoms with Gasteiger partial charge in [0.25, 0.3) is 0 Å². The fourth-order valence-corrected chi connectivity index (χ4v) is 2.10. The fraction of sp³-hybridized carbons (Fsp3) is 0.188. The molecule has 0 saturated carbocycles. The van der Waals surface area contributed by atoms with Crippen molar-refractivity contribution >= 4 is 17.5 Å². The second-order valence-corrected chi connectivity index (χ2v) is 4.73. The smallest absolute Gasteiger partial charge is 0.249 e. The van der Waals surface area contributed by atoms with Crippen LogP contribution in [0.2, 0.25) is 0 Å². The summed E-state index contributed by atoms with van der Waals surface area (Å²) in [6.45, 7) is 2.66. The average molecular weight is 295 g/mol. The first-order chi connectivity index (χ1) is 10.8. The van der Waals surface area contributed by atoms with E-state index in [2.05, 4.69) is 38.8 Å². The van der Waals surface area contributed by atoms with Crippen molar-refractivity contribution in [1.82, 2.24) is 15.2 Å². The van der Waals surface area contributed by atoms with E-state index in [1.165, 1.54) is 5.56 Å². The lowest BCUT2D eigenvalue weighted by molar-refractivity contribution is 0.517. The zero-order valence-electron chi connectivity index (χ0n) is 12.3. The lowest BCUT2D eigenvalue weighted by Crippen LogP contribution is -2.06.